The average Bonchev–Trinajstić information content (AvgIpc) is 3.36. The minimum atomic E-state index is -1.18. The molecule has 2 amide bonds. The van der Waals surface area contributed by atoms with Gasteiger partial charge in [-0.1, -0.05) is 30.3 Å². The van der Waals surface area contributed by atoms with Crippen molar-refractivity contribution in [3.8, 4) is 5.75 Å². The summed E-state index contributed by atoms with van der Waals surface area (Å²) in [5, 5.41) is 0. The van der Waals surface area contributed by atoms with Crippen molar-refractivity contribution in [3.63, 3.8) is 0 Å². The first-order valence-corrected chi connectivity index (χ1v) is 11.3. The first-order chi connectivity index (χ1) is 15.5. The Morgan fingerprint density at radius 1 is 1.09 bits per heavy atom. The van der Waals surface area contributed by atoms with E-state index in [4.69, 9.17) is 4.74 Å². The molecule has 1 atom stereocenters. The lowest BCUT2D eigenvalue weighted by molar-refractivity contribution is -0.123. The van der Waals surface area contributed by atoms with Crippen LogP contribution in [0.3, 0.4) is 0 Å². The highest BCUT2D eigenvalue weighted by Gasteiger charge is 2.59. The largest absolute Gasteiger partial charge is 0.497 e. The fraction of sp³-hybridized carbons (Fsp3) is 0.200. The molecule has 3 aromatic carbocycles. The molecule has 1 saturated heterocycles. The maximum Gasteiger partial charge on any atom is 0.268 e. The molecule has 2 aliphatic heterocycles. The van der Waals surface area contributed by atoms with Gasteiger partial charge in [0, 0.05) is 23.4 Å². The topological polar surface area (TPSA) is 49.9 Å². The van der Waals surface area contributed by atoms with E-state index in [0.29, 0.717) is 30.2 Å². The number of amides is 2. The predicted molar refractivity (Wildman–Crippen MR) is 122 cm³/mol. The second-order valence-electron chi connectivity index (χ2n) is 7.72. The second-order valence-corrected chi connectivity index (χ2v) is 9.00. The highest BCUT2D eigenvalue weighted by molar-refractivity contribution is 8.01. The van der Waals surface area contributed by atoms with Gasteiger partial charge in [-0.2, -0.15) is 0 Å². The number of thioether (sulfide) groups is 1. The monoisotopic (exact) mass is 448 g/mol. The zero-order chi connectivity index (χ0) is 22.3. The normalized spacial score (nSPS) is 19.5. The number of methoxy groups -OCH3 is 1. The molecule has 0 N–H and O–H groups in total. The number of halogens is 1. The predicted octanol–water partition coefficient (Wildman–Crippen LogP) is 4.42. The van der Waals surface area contributed by atoms with Crippen LogP contribution in [0.25, 0.3) is 0 Å². The molecule has 0 unspecified atom stereocenters. The maximum atomic E-state index is 14.0. The molecule has 7 heteroatoms. The average molecular weight is 449 g/mol. The van der Waals surface area contributed by atoms with Crippen molar-refractivity contribution in [1.29, 1.82) is 0 Å². The van der Waals surface area contributed by atoms with Crippen molar-refractivity contribution < 1.29 is 18.7 Å². The van der Waals surface area contributed by atoms with Gasteiger partial charge in [-0.25, -0.2) is 4.39 Å². The van der Waals surface area contributed by atoms with Crippen LogP contribution in [-0.4, -0.2) is 36.1 Å². The molecule has 0 aromatic heterocycles. The molecule has 32 heavy (non-hydrogen) atoms. The summed E-state index contributed by atoms with van der Waals surface area (Å²) in [5.41, 5.74) is 2.87. The van der Waals surface area contributed by atoms with Gasteiger partial charge in [0.05, 0.1) is 19.3 Å². The summed E-state index contributed by atoms with van der Waals surface area (Å²) in [4.78, 5) is 29.7. The third-order valence-electron chi connectivity index (χ3n) is 5.92. The van der Waals surface area contributed by atoms with Gasteiger partial charge in [0.1, 0.15) is 11.6 Å². The number of nitrogens with zero attached hydrogens (tertiary/aromatic N) is 2. The van der Waals surface area contributed by atoms with Crippen LogP contribution in [-0.2, 0) is 16.2 Å². The smallest absolute Gasteiger partial charge is 0.268 e. The van der Waals surface area contributed by atoms with E-state index in [0.717, 1.165) is 16.8 Å². The van der Waals surface area contributed by atoms with Gasteiger partial charge >= 0.3 is 0 Å². The van der Waals surface area contributed by atoms with Gasteiger partial charge < -0.3 is 14.5 Å². The number of hydrogen-bond donors (Lipinski definition) is 0. The lowest BCUT2D eigenvalue weighted by Gasteiger charge is -2.33. The molecule has 162 valence electrons. The maximum absolute atomic E-state index is 14.0. The molecule has 5 nitrogen and oxygen atoms in total. The van der Waals surface area contributed by atoms with Crippen molar-refractivity contribution in [2.75, 3.05) is 24.3 Å². The van der Waals surface area contributed by atoms with Crippen LogP contribution < -0.4 is 9.64 Å². The second kappa shape index (κ2) is 7.98. The van der Waals surface area contributed by atoms with Gasteiger partial charge in [0.2, 0.25) is 0 Å². The molecule has 2 aliphatic rings. The van der Waals surface area contributed by atoms with Crippen molar-refractivity contribution in [2.45, 2.75) is 11.4 Å². The SMILES string of the molecule is COc1ccc2c(c1)[C@@]1(SCCN1C(=O)c1ccc(F)cc1)C(=O)N2Cc1ccccc1. The highest BCUT2D eigenvalue weighted by atomic mass is 32.2. The first-order valence-electron chi connectivity index (χ1n) is 10.3. The number of rotatable bonds is 4. The standard InChI is InChI=1S/C25H21FN2O3S/c1-31-20-11-12-22-21(15-20)25(24(30)27(22)16-17-5-3-2-4-6-17)28(13-14-32-25)23(29)18-7-9-19(26)10-8-18/h2-12,15H,13-14,16H2,1H3/t25-/m1/s1. The number of ether oxygens (including phenoxy) is 1. The van der Waals surface area contributed by atoms with Crippen LogP contribution in [0.2, 0.25) is 0 Å². The number of anilines is 1. The summed E-state index contributed by atoms with van der Waals surface area (Å²) in [5.74, 6) is 0.391. The van der Waals surface area contributed by atoms with Crippen LogP contribution in [0.15, 0.2) is 72.8 Å². The van der Waals surface area contributed by atoms with E-state index < -0.39 is 10.7 Å². The molecule has 3 aromatic rings. The fourth-order valence-electron chi connectivity index (χ4n) is 4.39. The molecular weight excluding hydrogens is 427 g/mol. The van der Waals surface area contributed by atoms with Crippen molar-refractivity contribution in [1.82, 2.24) is 4.90 Å². The van der Waals surface area contributed by atoms with Crippen LogP contribution in [0.4, 0.5) is 10.1 Å². The Bertz CT molecular complexity index is 1190. The summed E-state index contributed by atoms with van der Waals surface area (Å²) in [6.07, 6.45) is 0. The van der Waals surface area contributed by atoms with Crippen molar-refractivity contribution >= 4 is 29.3 Å². The van der Waals surface area contributed by atoms with Gasteiger partial charge in [-0.05, 0) is 48.0 Å². The van der Waals surface area contributed by atoms with Crippen LogP contribution in [0.5, 0.6) is 5.75 Å². The zero-order valence-electron chi connectivity index (χ0n) is 17.5. The summed E-state index contributed by atoms with van der Waals surface area (Å²) in [6, 6.07) is 20.8. The summed E-state index contributed by atoms with van der Waals surface area (Å²) < 4.78 is 18.9. The molecule has 0 bridgehead atoms. The Morgan fingerprint density at radius 2 is 1.84 bits per heavy atom. The Kier molecular flexibility index (Phi) is 5.13. The summed E-state index contributed by atoms with van der Waals surface area (Å²) in [6.45, 7) is 0.822. The minimum absolute atomic E-state index is 0.150. The lowest BCUT2D eigenvalue weighted by Crippen LogP contribution is -2.50. The Hall–Kier alpha value is -3.32. The first kappa shape index (κ1) is 20.6. The number of hydrogen-bond acceptors (Lipinski definition) is 4. The van der Waals surface area contributed by atoms with E-state index in [-0.39, 0.29) is 11.8 Å². The molecule has 5 rings (SSSR count). The van der Waals surface area contributed by atoms with E-state index in [1.165, 1.54) is 36.0 Å². The number of carbonyl (C=O) groups excluding carboxylic acids is 2. The Labute approximate surface area is 189 Å². The number of fused-ring (bicyclic) bond motifs is 2. The van der Waals surface area contributed by atoms with Gasteiger partial charge in [0.15, 0.2) is 4.87 Å². The van der Waals surface area contributed by atoms with Gasteiger partial charge in [0.25, 0.3) is 11.8 Å². The molecular formula is C25H21FN2O3S. The Morgan fingerprint density at radius 3 is 2.56 bits per heavy atom. The van der Waals surface area contributed by atoms with Gasteiger partial charge in [-0.3, -0.25) is 9.59 Å². The quantitative estimate of drug-likeness (QED) is 0.593. The third kappa shape index (κ3) is 3.15. The molecule has 0 radical (unpaired) electrons. The van der Waals surface area contributed by atoms with E-state index in [1.807, 2.05) is 48.5 Å². The lowest BCUT2D eigenvalue weighted by atomic mass is 10.0. The van der Waals surface area contributed by atoms with Crippen LogP contribution in [0.1, 0.15) is 21.5 Å². The van der Waals surface area contributed by atoms with Crippen LogP contribution >= 0.6 is 11.8 Å². The molecule has 2 heterocycles. The Balaban J connectivity index is 1.61. The van der Waals surface area contributed by atoms with E-state index in [2.05, 4.69) is 0 Å². The van der Waals surface area contributed by atoms with E-state index >= 15 is 0 Å². The highest BCUT2D eigenvalue weighted by Crippen LogP contribution is 2.55. The van der Waals surface area contributed by atoms with E-state index in [9.17, 15) is 14.0 Å². The molecule has 0 aliphatic carbocycles. The third-order valence-corrected chi connectivity index (χ3v) is 7.34. The molecule has 0 saturated carbocycles. The number of carbonyl (C=O) groups is 2. The van der Waals surface area contributed by atoms with E-state index in [1.54, 1.807) is 16.9 Å². The summed E-state index contributed by atoms with van der Waals surface area (Å²) >= 11 is 1.46. The molecule has 1 fully saturated rings. The van der Waals surface area contributed by atoms with Gasteiger partial charge in [-0.15, -0.1) is 11.8 Å². The summed E-state index contributed by atoms with van der Waals surface area (Å²) in [7, 11) is 1.58. The van der Waals surface area contributed by atoms with Crippen LogP contribution in [0, 0.1) is 5.82 Å². The minimum Gasteiger partial charge on any atom is -0.497 e. The molecule has 1 spiro atoms. The van der Waals surface area contributed by atoms with Crippen molar-refractivity contribution in [2.24, 2.45) is 0 Å². The van der Waals surface area contributed by atoms with Crippen molar-refractivity contribution in [3.05, 3.63) is 95.3 Å². The fourth-order valence-corrected chi connectivity index (χ4v) is 5.84. The zero-order valence-corrected chi connectivity index (χ0v) is 18.3. The number of benzene rings is 3.